The van der Waals surface area contributed by atoms with E-state index in [4.69, 9.17) is 0 Å². The predicted octanol–water partition coefficient (Wildman–Crippen LogP) is 3.89. The first kappa shape index (κ1) is 19.3. The summed E-state index contributed by atoms with van der Waals surface area (Å²) in [6, 6.07) is 10.5. The first-order valence-electron chi connectivity index (χ1n) is 9.30. The summed E-state index contributed by atoms with van der Waals surface area (Å²) < 4.78 is 0. The Morgan fingerprint density at radius 1 is 1.29 bits per heavy atom. The average molecular weight is 350 g/mol. The van der Waals surface area contributed by atoms with Crippen molar-refractivity contribution in [2.75, 3.05) is 18.1 Å². The highest BCUT2D eigenvalue weighted by molar-refractivity contribution is 7.99. The molecule has 0 bridgehead atoms. The van der Waals surface area contributed by atoms with Crippen LogP contribution in [-0.2, 0) is 11.2 Å². The lowest BCUT2D eigenvalue weighted by molar-refractivity contribution is -0.128. The molecule has 1 fully saturated rings. The molecule has 1 aromatic rings. The van der Waals surface area contributed by atoms with E-state index in [1.165, 1.54) is 24.2 Å². The number of aliphatic hydroxyl groups excluding tert-OH is 1. The normalized spacial score (nSPS) is 19.0. The lowest BCUT2D eigenvalue weighted by atomic mass is 10.0. The lowest BCUT2D eigenvalue weighted by Gasteiger charge is -2.25. The molecule has 2 atom stereocenters. The van der Waals surface area contributed by atoms with Gasteiger partial charge < -0.3 is 10.0 Å². The number of hydrogen-bond acceptors (Lipinski definition) is 3. The van der Waals surface area contributed by atoms with Gasteiger partial charge in [-0.25, -0.2) is 0 Å². The molecule has 1 aliphatic heterocycles. The summed E-state index contributed by atoms with van der Waals surface area (Å²) in [6.07, 6.45) is 6.20. The number of unbranched alkanes of at least 4 members (excludes halogenated alkanes) is 1. The molecular weight excluding hydrogens is 318 g/mol. The lowest BCUT2D eigenvalue weighted by Crippen LogP contribution is -2.35. The van der Waals surface area contributed by atoms with E-state index < -0.39 is 0 Å². The van der Waals surface area contributed by atoms with Crippen LogP contribution in [0.15, 0.2) is 30.3 Å². The van der Waals surface area contributed by atoms with E-state index in [9.17, 15) is 9.90 Å². The van der Waals surface area contributed by atoms with Crippen LogP contribution < -0.4 is 0 Å². The summed E-state index contributed by atoms with van der Waals surface area (Å²) >= 11 is 1.95. The zero-order valence-electron chi connectivity index (χ0n) is 14.8. The summed E-state index contributed by atoms with van der Waals surface area (Å²) in [7, 11) is 0. The van der Waals surface area contributed by atoms with Gasteiger partial charge in [-0.15, -0.1) is 0 Å². The van der Waals surface area contributed by atoms with Crippen molar-refractivity contribution in [1.29, 1.82) is 0 Å². The van der Waals surface area contributed by atoms with Crippen molar-refractivity contribution >= 4 is 17.7 Å². The molecule has 1 amide bonds. The molecule has 3 nitrogen and oxygen atoms in total. The van der Waals surface area contributed by atoms with Gasteiger partial charge in [-0.3, -0.25) is 4.79 Å². The molecule has 2 rings (SSSR count). The number of nitrogens with zero attached hydrogens (tertiary/aromatic N) is 1. The molecule has 4 heteroatoms. The minimum Gasteiger partial charge on any atom is -0.393 e. The third kappa shape index (κ3) is 6.48. The number of carbonyl (C=O) groups is 1. The minimum absolute atomic E-state index is 0.300. The Kier molecular flexibility index (Phi) is 8.68. The van der Waals surface area contributed by atoms with E-state index in [2.05, 4.69) is 24.0 Å². The van der Waals surface area contributed by atoms with E-state index in [0.717, 1.165) is 31.6 Å². The average Bonchev–Trinajstić information content (AvgIpc) is 2.94. The van der Waals surface area contributed by atoms with Crippen molar-refractivity contribution < 1.29 is 9.90 Å². The first-order chi connectivity index (χ1) is 11.7. The molecule has 1 heterocycles. The van der Waals surface area contributed by atoms with Crippen LogP contribution >= 0.6 is 11.8 Å². The molecule has 0 radical (unpaired) electrons. The van der Waals surface area contributed by atoms with Crippen LogP contribution in [0.5, 0.6) is 0 Å². The fraction of sp³-hybridized carbons (Fsp3) is 0.650. The van der Waals surface area contributed by atoms with Gasteiger partial charge in [-0.05, 0) is 43.4 Å². The Morgan fingerprint density at radius 3 is 2.83 bits per heavy atom. The second-order valence-corrected chi connectivity index (χ2v) is 7.89. The van der Waals surface area contributed by atoms with Gasteiger partial charge >= 0.3 is 0 Å². The molecule has 1 N–H and O–H groups in total. The van der Waals surface area contributed by atoms with Crippen molar-refractivity contribution in [2.45, 2.75) is 64.0 Å². The van der Waals surface area contributed by atoms with Crippen LogP contribution in [-0.4, -0.2) is 46.1 Å². The first-order valence-corrected chi connectivity index (χ1v) is 10.5. The van der Waals surface area contributed by atoms with Gasteiger partial charge in [0.2, 0.25) is 5.91 Å². The molecule has 1 saturated heterocycles. The van der Waals surface area contributed by atoms with E-state index in [1.807, 2.05) is 30.0 Å². The van der Waals surface area contributed by atoms with Crippen molar-refractivity contribution in [1.82, 2.24) is 4.90 Å². The third-order valence-electron chi connectivity index (χ3n) is 4.72. The SMILES string of the molecule is CCCCSCCN1C(=O)CC[C@@H]1CC[C@@H](O)Cc1ccccc1. The molecule has 0 aromatic heterocycles. The van der Waals surface area contributed by atoms with Gasteiger partial charge in [0.15, 0.2) is 0 Å². The Labute approximate surface area is 150 Å². The number of likely N-dealkylation sites (tertiary alicyclic amines) is 1. The van der Waals surface area contributed by atoms with Crippen molar-refractivity contribution in [3.05, 3.63) is 35.9 Å². The molecule has 1 aliphatic rings. The number of amides is 1. The number of carbonyl (C=O) groups excluding carboxylic acids is 1. The minimum atomic E-state index is -0.316. The molecule has 0 unspecified atom stereocenters. The maximum atomic E-state index is 12.1. The summed E-state index contributed by atoms with van der Waals surface area (Å²) in [5.74, 6) is 2.53. The van der Waals surface area contributed by atoms with Gasteiger partial charge in [0, 0.05) is 24.8 Å². The molecule has 1 aromatic carbocycles. The summed E-state index contributed by atoms with van der Waals surface area (Å²) in [5, 5.41) is 10.3. The number of benzene rings is 1. The highest BCUT2D eigenvalue weighted by Crippen LogP contribution is 2.24. The smallest absolute Gasteiger partial charge is 0.222 e. The van der Waals surface area contributed by atoms with E-state index in [-0.39, 0.29) is 6.10 Å². The van der Waals surface area contributed by atoms with Gasteiger partial charge in [0.1, 0.15) is 0 Å². The van der Waals surface area contributed by atoms with E-state index in [0.29, 0.717) is 24.8 Å². The zero-order chi connectivity index (χ0) is 17.2. The topological polar surface area (TPSA) is 40.5 Å². The van der Waals surface area contributed by atoms with Crippen LogP contribution in [0.4, 0.5) is 0 Å². The maximum absolute atomic E-state index is 12.1. The molecule has 0 aliphatic carbocycles. The standard InChI is InChI=1S/C20H31NO2S/c1-2-3-14-24-15-13-21-18(10-12-20(21)23)9-11-19(22)16-17-7-5-4-6-8-17/h4-8,18-19,22H,2-3,9-16H2,1H3/t18-,19+/m0/s1. The Morgan fingerprint density at radius 2 is 2.08 bits per heavy atom. The number of hydrogen-bond donors (Lipinski definition) is 1. The van der Waals surface area contributed by atoms with Crippen LogP contribution in [0.1, 0.15) is 51.0 Å². The zero-order valence-corrected chi connectivity index (χ0v) is 15.6. The fourth-order valence-corrected chi connectivity index (χ4v) is 4.31. The number of thioether (sulfide) groups is 1. The van der Waals surface area contributed by atoms with E-state index >= 15 is 0 Å². The second-order valence-electron chi connectivity index (χ2n) is 6.67. The quantitative estimate of drug-likeness (QED) is 0.616. The fourth-order valence-electron chi connectivity index (χ4n) is 3.28. The maximum Gasteiger partial charge on any atom is 0.222 e. The molecular formula is C20H31NO2S. The van der Waals surface area contributed by atoms with Gasteiger partial charge in [0.05, 0.1) is 6.10 Å². The van der Waals surface area contributed by atoms with Crippen LogP contribution in [0.3, 0.4) is 0 Å². The largest absolute Gasteiger partial charge is 0.393 e. The van der Waals surface area contributed by atoms with E-state index in [1.54, 1.807) is 0 Å². The Balaban J connectivity index is 1.70. The summed E-state index contributed by atoms with van der Waals surface area (Å²) in [5.41, 5.74) is 1.18. The summed E-state index contributed by atoms with van der Waals surface area (Å²) in [4.78, 5) is 14.2. The van der Waals surface area contributed by atoms with Crippen LogP contribution in [0.2, 0.25) is 0 Å². The van der Waals surface area contributed by atoms with Gasteiger partial charge in [-0.1, -0.05) is 43.7 Å². The molecule has 0 saturated carbocycles. The summed E-state index contributed by atoms with van der Waals surface area (Å²) in [6.45, 7) is 3.08. The molecule has 24 heavy (non-hydrogen) atoms. The number of rotatable bonds is 11. The highest BCUT2D eigenvalue weighted by Gasteiger charge is 2.30. The van der Waals surface area contributed by atoms with Gasteiger partial charge in [-0.2, -0.15) is 11.8 Å². The second kappa shape index (κ2) is 10.8. The Bertz CT molecular complexity index is 480. The monoisotopic (exact) mass is 349 g/mol. The van der Waals surface area contributed by atoms with Crippen LogP contribution in [0, 0.1) is 0 Å². The van der Waals surface area contributed by atoms with Crippen molar-refractivity contribution in [3.8, 4) is 0 Å². The molecule has 0 spiro atoms. The van der Waals surface area contributed by atoms with Crippen molar-refractivity contribution in [3.63, 3.8) is 0 Å². The van der Waals surface area contributed by atoms with Crippen LogP contribution in [0.25, 0.3) is 0 Å². The predicted molar refractivity (Wildman–Crippen MR) is 102 cm³/mol. The third-order valence-corrected chi connectivity index (χ3v) is 5.77. The Hall–Kier alpha value is -1.00. The molecule has 134 valence electrons. The van der Waals surface area contributed by atoms with Crippen molar-refractivity contribution in [2.24, 2.45) is 0 Å². The van der Waals surface area contributed by atoms with Gasteiger partial charge in [0.25, 0.3) is 0 Å². The number of aliphatic hydroxyl groups is 1. The highest BCUT2D eigenvalue weighted by atomic mass is 32.2.